The lowest BCUT2D eigenvalue weighted by Gasteiger charge is -2.23. The Kier molecular flexibility index (Phi) is 11.1. The molecule has 1 aromatic heterocycles. The predicted octanol–water partition coefficient (Wildman–Crippen LogP) is 4.60. The third-order valence-corrected chi connectivity index (χ3v) is 6.08. The largest absolute Gasteiger partial charge is 0.490 e. The highest BCUT2D eigenvalue weighted by atomic mass is 32.1. The van der Waals surface area contributed by atoms with Crippen molar-refractivity contribution in [2.24, 2.45) is 5.92 Å². The standard InChI is InChI=1S/C21H25FN4O2S.C2HF3O2/c1-2-14(13-18(27)17-5-3-4-12-23-17)6-11-19(28)24-21-26-25-20(29-21)15-7-9-16(22)10-8-15;3-2(4,5)1(6)7/h6-11,14,17,23H,2-5,12-13H2,1H3,(H,24,26,28);(H,6,7)/b11-6+;/t14-,17-;/m0./s1. The minimum Gasteiger partial charge on any atom is -0.475 e. The van der Waals surface area contributed by atoms with Crippen LogP contribution in [0.1, 0.15) is 39.0 Å². The molecule has 0 radical (unpaired) electrons. The van der Waals surface area contributed by atoms with Gasteiger partial charge in [-0.05, 0) is 62.1 Å². The second kappa shape index (κ2) is 13.8. The van der Waals surface area contributed by atoms with Crippen molar-refractivity contribution in [3.8, 4) is 10.6 Å². The number of carboxylic acid groups (broad SMARTS) is 1. The maximum atomic E-state index is 13.0. The molecule has 1 aromatic carbocycles. The molecule has 2 heterocycles. The number of rotatable bonds is 8. The Labute approximate surface area is 208 Å². The van der Waals surface area contributed by atoms with Gasteiger partial charge in [-0.1, -0.05) is 30.8 Å². The molecule has 2 aromatic rings. The number of allylic oxidation sites excluding steroid dienone is 1. The third-order valence-electron chi connectivity index (χ3n) is 5.20. The Hall–Kier alpha value is -3.19. The zero-order valence-corrected chi connectivity index (χ0v) is 20.2. The van der Waals surface area contributed by atoms with Crippen LogP contribution in [-0.4, -0.2) is 51.7 Å². The minimum atomic E-state index is -5.08. The molecule has 0 unspecified atom stereocenters. The number of hydrogen-bond acceptors (Lipinski definition) is 7. The molecule has 0 aliphatic carbocycles. The summed E-state index contributed by atoms with van der Waals surface area (Å²) in [5, 5.41) is 22.0. The number of ketones is 1. The number of carbonyl (C=O) groups excluding carboxylic acids is 2. The number of nitrogens with one attached hydrogen (secondary N) is 2. The van der Waals surface area contributed by atoms with Gasteiger partial charge in [0, 0.05) is 12.0 Å². The Morgan fingerprint density at radius 3 is 2.44 bits per heavy atom. The monoisotopic (exact) mass is 530 g/mol. The Balaban J connectivity index is 0.000000572. The van der Waals surface area contributed by atoms with Crippen LogP contribution in [0, 0.1) is 11.7 Å². The highest BCUT2D eigenvalue weighted by Crippen LogP contribution is 2.26. The van der Waals surface area contributed by atoms with E-state index in [2.05, 4.69) is 20.8 Å². The van der Waals surface area contributed by atoms with Gasteiger partial charge in [-0.3, -0.25) is 14.9 Å². The van der Waals surface area contributed by atoms with Crippen molar-refractivity contribution in [3.63, 3.8) is 0 Å². The van der Waals surface area contributed by atoms with Gasteiger partial charge < -0.3 is 10.4 Å². The van der Waals surface area contributed by atoms with Gasteiger partial charge in [0.25, 0.3) is 0 Å². The van der Waals surface area contributed by atoms with E-state index in [0.717, 1.165) is 37.8 Å². The first-order chi connectivity index (χ1) is 17.0. The summed E-state index contributed by atoms with van der Waals surface area (Å²) >= 11 is 1.22. The maximum absolute atomic E-state index is 13.0. The normalized spacial score (nSPS) is 16.6. The molecule has 3 N–H and O–H groups in total. The number of benzene rings is 1. The highest BCUT2D eigenvalue weighted by molar-refractivity contribution is 7.18. The van der Waals surface area contributed by atoms with Crippen molar-refractivity contribution in [2.45, 2.75) is 51.2 Å². The summed E-state index contributed by atoms with van der Waals surface area (Å²) in [6.07, 6.45) is 2.48. The lowest BCUT2D eigenvalue weighted by Crippen LogP contribution is -2.40. The molecule has 0 spiro atoms. The summed E-state index contributed by atoms with van der Waals surface area (Å²) in [5.74, 6) is -3.14. The molecule has 196 valence electrons. The number of nitrogens with zero attached hydrogens (tertiary/aromatic N) is 2. The van der Waals surface area contributed by atoms with Gasteiger partial charge in [-0.2, -0.15) is 13.2 Å². The number of Topliss-reactive ketones (excluding diaryl/α,β-unsaturated/α-hetero) is 1. The first-order valence-electron chi connectivity index (χ1n) is 11.1. The van der Waals surface area contributed by atoms with E-state index in [9.17, 15) is 27.2 Å². The van der Waals surface area contributed by atoms with E-state index >= 15 is 0 Å². The molecule has 8 nitrogen and oxygen atoms in total. The first-order valence-corrected chi connectivity index (χ1v) is 12.0. The number of halogens is 4. The smallest absolute Gasteiger partial charge is 0.475 e. The quantitative estimate of drug-likeness (QED) is 0.337. The van der Waals surface area contributed by atoms with Crippen molar-refractivity contribution in [3.05, 3.63) is 42.2 Å². The van der Waals surface area contributed by atoms with Crippen molar-refractivity contribution < 1.29 is 37.1 Å². The van der Waals surface area contributed by atoms with Crippen LogP contribution in [-0.2, 0) is 14.4 Å². The zero-order chi connectivity index (χ0) is 26.7. The molecule has 1 fully saturated rings. The lowest BCUT2D eigenvalue weighted by atomic mass is 9.92. The van der Waals surface area contributed by atoms with Crippen LogP contribution in [0.25, 0.3) is 10.6 Å². The molecule has 0 bridgehead atoms. The van der Waals surface area contributed by atoms with Gasteiger partial charge in [-0.15, -0.1) is 10.2 Å². The molecule has 1 amide bonds. The summed E-state index contributed by atoms with van der Waals surface area (Å²) in [5.41, 5.74) is 0.737. The van der Waals surface area contributed by atoms with Gasteiger partial charge >= 0.3 is 12.1 Å². The molecule has 1 aliphatic heterocycles. The number of hydrogen-bond donors (Lipinski definition) is 3. The SMILES string of the molecule is CC[C@@H](/C=C/C(=O)Nc1nnc(-c2ccc(F)cc2)s1)CC(=O)[C@@H]1CCCCN1.O=C(O)C(F)(F)F. The second-order valence-corrected chi connectivity index (χ2v) is 8.89. The molecule has 2 atom stereocenters. The fraction of sp³-hybridized carbons (Fsp3) is 0.435. The average Bonchev–Trinajstić information content (AvgIpc) is 3.30. The number of amides is 1. The van der Waals surface area contributed by atoms with Crippen LogP contribution >= 0.6 is 11.3 Å². The Morgan fingerprint density at radius 2 is 1.89 bits per heavy atom. The van der Waals surface area contributed by atoms with Crippen LogP contribution in [0.2, 0.25) is 0 Å². The summed E-state index contributed by atoms with van der Waals surface area (Å²) in [7, 11) is 0. The van der Waals surface area contributed by atoms with E-state index in [4.69, 9.17) is 9.90 Å². The van der Waals surface area contributed by atoms with Crippen LogP contribution in [0.15, 0.2) is 36.4 Å². The number of piperidine rings is 1. The number of alkyl halides is 3. The van der Waals surface area contributed by atoms with Gasteiger partial charge in [0.1, 0.15) is 16.6 Å². The Bertz CT molecular complexity index is 1050. The van der Waals surface area contributed by atoms with E-state index in [-0.39, 0.29) is 29.5 Å². The van der Waals surface area contributed by atoms with Crippen molar-refractivity contribution in [1.29, 1.82) is 0 Å². The fourth-order valence-corrected chi connectivity index (χ4v) is 3.98. The van der Waals surface area contributed by atoms with Crippen LogP contribution in [0.3, 0.4) is 0 Å². The molecular weight excluding hydrogens is 504 g/mol. The van der Waals surface area contributed by atoms with Crippen LogP contribution in [0.5, 0.6) is 0 Å². The topological polar surface area (TPSA) is 121 Å². The van der Waals surface area contributed by atoms with Crippen molar-refractivity contribution in [2.75, 3.05) is 11.9 Å². The molecule has 0 saturated carbocycles. The number of carboxylic acids is 1. The lowest BCUT2D eigenvalue weighted by molar-refractivity contribution is -0.192. The van der Waals surface area contributed by atoms with E-state index in [1.54, 1.807) is 18.2 Å². The molecule has 1 saturated heterocycles. The minimum absolute atomic E-state index is 0.0289. The molecule has 36 heavy (non-hydrogen) atoms. The molecule has 13 heteroatoms. The van der Waals surface area contributed by atoms with Gasteiger partial charge in [0.2, 0.25) is 11.0 Å². The number of aromatic nitrogens is 2. The molecular formula is C23H26F4N4O4S. The van der Waals surface area contributed by atoms with Crippen molar-refractivity contribution >= 4 is 34.1 Å². The fourth-order valence-electron chi connectivity index (χ4n) is 3.23. The van der Waals surface area contributed by atoms with E-state index in [1.165, 1.54) is 29.5 Å². The van der Waals surface area contributed by atoms with Gasteiger partial charge in [0.15, 0.2) is 0 Å². The van der Waals surface area contributed by atoms with E-state index in [1.807, 2.05) is 6.92 Å². The first kappa shape index (κ1) is 29.0. The van der Waals surface area contributed by atoms with Gasteiger partial charge in [0.05, 0.1) is 6.04 Å². The van der Waals surface area contributed by atoms with Gasteiger partial charge in [-0.25, -0.2) is 9.18 Å². The van der Waals surface area contributed by atoms with E-state index in [0.29, 0.717) is 16.6 Å². The molecule has 3 rings (SSSR count). The number of anilines is 1. The number of aliphatic carboxylic acids is 1. The average molecular weight is 531 g/mol. The highest BCUT2D eigenvalue weighted by Gasteiger charge is 2.38. The van der Waals surface area contributed by atoms with Crippen LogP contribution < -0.4 is 10.6 Å². The Morgan fingerprint density at radius 1 is 1.22 bits per heavy atom. The predicted molar refractivity (Wildman–Crippen MR) is 126 cm³/mol. The van der Waals surface area contributed by atoms with Crippen molar-refractivity contribution in [1.82, 2.24) is 15.5 Å². The molecule has 1 aliphatic rings. The summed E-state index contributed by atoms with van der Waals surface area (Å²) in [6, 6.07) is 5.89. The number of carbonyl (C=O) groups is 3. The second-order valence-electron chi connectivity index (χ2n) is 7.91. The third kappa shape index (κ3) is 9.82. The summed E-state index contributed by atoms with van der Waals surface area (Å²) < 4.78 is 44.8. The summed E-state index contributed by atoms with van der Waals surface area (Å²) in [6.45, 7) is 2.90. The van der Waals surface area contributed by atoms with Crippen LogP contribution in [0.4, 0.5) is 22.7 Å². The van der Waals surface area contributed by atoms with E-state index < -0.39 is 12.1 Å². The maximum Gasteiger partial charge on any atom is 0.490 e. The zero-order valence-electron chi connectivity index (χ0n) is 19.3. The summed E-state index contributed by atoms with van der Waals surface area (Å²) in [4.78, 5) is 33.5.